The number of aromatic nitrogens is 2. The Morgan fingerprint density at radius 3 is 2.28 bits per heavy atom. The lowest BCUT2D eigenvalue weighted by molar-refractivity contribution is 0.394. The zero-order valence-electron chi connectivity index (χ0n) is 18.4. The average Bonchev–Trinajstić information content (AvgIpc) is 3.52. The summed E-state index contributed by atoms with van der Waals surface area (Å²) >= 11 is 0. The highest BCUT2D eigenvalue weighted by Gasteiger charge is 2.25. The van der Waals surface area contributed by atoms with Crippen LogP contribution < -0.4 is 19.9 Å². The third kappa shape index (κ3) is 3.51. The first-order valence-electron chi connectivity index (χ1n) is 11.0. The Labute approximate surface area is 186 Å². The second-order valence-corrected chi connectivity index (χ2v) is 8.31. The number of hydrogen-bond acceptors (Lipinski definition) is 5. The summed E-state index contributed by atoms with van der Waals surface area (Å²) in [5, 5.41) is 4.70. The van der Waals surface area contributed by atoms with Crippen LogP contribution in [0.4, 0.5) is 10.1 Å². The first-order chi connectivity index (χ1) is 15.6. The molecule has 0 bridgehead atoms. The number of nitrogens with zero attached hydrogens (tertiary/aromatic N) is 3. The molecular formula is C25H26FN3O3. The Morgan fingerprint density at radius 1 is 0.906 bits per heavy atom. The van der Waals surface area contributed by atoms with Gasteiger partial charge in [-0.25, -0.2) is 4.39 Å². The molecule has 5 rings (SSSR count). The first-order valence-corrected chi connectivity index (χ1v) is 11.0. The zero-order valence-corrected chi connectivity index (χ0v) is 18.4. The Morgan fingerprint density at radius 2 is 1.59 bits per heavy atom. The summed E-state index contributed by atoms with van der Waals surface area (Å²) in [4.78, 5) is 15.6. The third-order valence-corrected chi connectivity index (χ3v) is 6.41. The predicted octanol–water partition coefficient (Wildman–Crippen LogP) is 4.14. The van der Waals surface area contributed by atoms with E-state index in [1.165, 1.54) is 10.7 Å². The summed E-state index contributed by atoms with van der Waals surface area (Å²) in [6, 6.07) is 10.5. The SMILES string of the molecule is COc1cc(OC)cc(-c2nn(-c3cc(N4CCCC4)ccc3F)c(=O)c3c2CCC3)c1. The molecule has 1 saturated heterocycles. The molecule has 0 atom stereocenters. The van der Waals surface area contributed by atoms with Crippen LogP contribution in [0, 0.1) is 5.82 Å². The van der Waals surface area contributed by atoms with E-state index in [1.54, 1.807) is 32.4 Å². The van der Waals surface area contributed by atoms with Crippen LogP contribution in [0.1, 0.15) is 30.4 Å². The summed E-state index contributed by atoms with van der Waals surface area (Å²) < 4.78 is 27.1. The molecule has 6 nitrogen and oxygen atoms in total. The summed E-state index contributed by atoms with van der Waals surface area (Å²) in [5.74, 6) is 0.801. The highest BCUT2D eigenvalue weighted by Crippen LogP contribution is 2.34. The number of anilines is 1. The van der Waals surface area contributed by atoms with Crippen molar-refractivity contribution < 1.29 is 13.9 Å². The second-order valence-electron chi connectivity index (χ2n) is 8.31. The Kier molecular flexibility index (Phi) is 5.33. The van der Waals surface area contributed by atoms with Gasteiger partial charge in [0.25, 0.3) is 5.56 Å². The van der Waals surface area contributed by atoms with Gasteiger partial charge in [0.05, 0.1) is 19.9 Å². The molecule has 0 amide bonds. The molecule has 1 fully saturated rings. The maximum atomic E-state index is 15.0. The Bertz CT molecular complexity index is 1210. The summed E-state index contributed by atoms with van der Waals surface area (Å²) in [7, 11) is 3.19. The van der Waals surface area contributed by atoms with E-state index in [0.29, 0.717) is 29.2 Å². The van der Waals surface area contributed by atoms with E-state index in [2.05, 4.69) is 4.90 Å². The number of hydrogen-bond donors (Lipinski definition) is 0. The monoisotopic (exact) mass is 435 g/mol. The minimum absolute atomic E-state index is 0.185. The largest absolute Gasteiger partial charge is 0.497 e. The number of rotatable bonds is 5. The van der Waals surface area contributed by atoms with Crippen molar-refractivity contribution in [3.05, 3.63) is 63.7 Å². The van der Waals surface area contributed by atoms with Crippen LogP contribution in [-0.4, -0.2) is 37.1 Å². The molecule has 2 aromatic carbocycles. The molecule has 166 valence electrons. The molecular weight excluding hydrogens is 409 g/mol. The molecule has 7 heteroatoms. The van der Waals surface area contributed by atoms with E-state index in [4.69, 9.17) is 14.6 Å². The number of halogens is 1. The molecule has 0 N–H and O–H groups in total. The summed E-state index contributed by atoms with van der Waals surface area (Å²) in [5.41, 5.74) is 3.95. The van der Waals surface area contributed by atoms with Crippen molar-refractivity contribution in [1.29, 1.82) is 0 Å². The average molecular weight is 435 g/mol. The van der Waals surface area contributed by atoms with Crippen LogP contribution in [0.15, 0.2) is 41.2 Å². The van der Waals surface area contributed by atoms with E-state index in [9.17, 15) is 9.18 Å². The van der Waals surface area contributed by atoms with Crippen molar-refractivity contribution in [1.82, 2.24) is 9.78 Å². The maximum Gasteiger partial charge on any atom is 0.275 e. The Balaban J connectivity index is 1.71. The minimum atomic E-state index is -0.463. The molecule has 2 aliphatic rings. The van der Waals surface area contributed by atoms with Crippen molar-refractivity contribution in [2.24, 2.45) is 0 Å². The van der Waals surface area contributed by atoms with Gasteiger partial charge in [0.1, 0.15) is 23.0 Å². The second kappa shape index (κ2) is 8.30. The van der Waals surface area contributed by atoms with Crippen LogP contribution in [0.5, 0.6) is 11.5 Å². The van der Waals surface area contributed by atoms with E-state index >= 15 is 0 Å². The standard InChI is InChI=1S/C25H26FN3O3/c1-31-18-12-16(13-19(15-18)32-2)24-20-6-5-7-21(20)25(30)29(27-24)23-14-17(8-9-22(23)26)28-10-3-4-11-28/h8-9,12-15H,3-7,10-11H2,1-2H3. The molecule has 0 unspecified atom stereocenters. The van der Waals surface area contributed by atoms with Crippen LogP contribution in [0.3, 0.4) is 0 Å². The van der Waals surface area contributed by atoms with Gasteiger partial charge in [0.2, 0.25) is 0 Å². The van der Waals surface area contributed by atoms with E-state index < -0.39 is 5.82 Å². The van der Waals surface area contributed by atoms with Crippen molar-refractivity contribution in [2.45, 2.75) is 32.1 Å². The van der Waals surface area contributed by atoms with Gasteiger partial charge in [-0.2, -0.15) is 9.78 Å². The Hall–Kier alpha value is -3.35. The number of benzene rings is 2. The van der Waals surface area contributed by atoms with E-state index in [0.717, 1.165) is 55.6 Å². The lowest BCUT2D eigenvalue weighted by Gasteiger charge is -2.19. The topological polar surface area (TPSA) is 56.6 Å². The molecule has 32 heavy (non-hydrogen) atoms. The van der Waals surface area contributed by atoms with Gasteiger partial charge in [-0.1, -0.05) is 0 Å². The first kappa shape index (κ1) is 20.5. The number of methoxy groups -OCH3 is 2. The molecule has 1 aromatic heterocycles. The quantitative estimate of drug-likeness (QED) is 0.603. The van der Waals surface area contributed by atoms with Gasteiger partial charge in [-0.3, -0.25) is 4.79 Å². The van der Waals surface area contributed by atoms with Crippen molar-refractivity contribution in [3.63, 3.8) is 0 Å². The molecule has 0 radical (unpaired) electrons. The van der Waals surface area contributed by atoms with Gasteiger partial charge < -0.3 is 14.4 Å². The highest BCUT2D eigenvalue weighted by atomic mass is 19.1. The van der Waals surface area contributed by atoms with Crippen LogP contribution in [0.25, 0.3) is 16.9 Å². The number of fused-ring (bicyclic) bond motifs is 1. The van der Waals surface area contributed by atoms with Gasteiger partial charge in [-0.15, -0.1) is 0 Å². The molecule has 1 aliphatic heterocycles. The smallest absolute Gasteiger partial charge is 0.275 e. The van der Waals surface area contributed by atoms with Crippen LogP contribution in [0.2, 0.25) is 0 Å². The highest BCUT2D eigenvalue weighted by molar-refractivity contribution is 5.69. The van der Waals surface area contributed by atoms with Gasteiger partial charge >= 0.3 is 0 Å². The molecule has 2 heterocycles. The van der Waals surface area contributed by atoms with Crippen molar-refractivity contribution in [2.75, 3.05) is 32.2 Å². The molecule has 0 saturated carbocycles. The van der Waals surface area contributed by atoms with Crippen molar-refractivity contribution >= 4 is 5.69 Å². The fraction of sp³-hybridized carbons (Fsp3) is 0.360. The van der Waals surface area contributed by atoms with Crippen LogP contribution in [-0.2, 0) is 12.8 Å². The fourth-order valence-corrected chi connectivity index (χ4v) is 4.75. The van der Waals surface area contributed by atoms with Gasteiger partial charge in [0.15, 0.2) is 0 Å². The maximum absolute atomic E-state index is 15.0. The molecule has 0 spiro atoms. The lowest BCUT2D eigenvalue weighted by atomic mass is 10.0. The predicted molar refractivity (Wildman–Crippen MR) is 122 cm³/mol. The molecule has 1 aliphatic carbocycles. The molecule has 3 aromatic rings. The fourth-order valence-electron chi connectivity index (χ4n) is 4.75. The van der Waals surface area contributed by atoms with Gasteiger partial charge in [0, 0.05) is 36.0 Å². The van der Waals surface area contributed by atoms with E-state index in [-0.39, 0.29) is 11.2 Å². The minimum Gasteiger partial charge on any atom is -0.497 e. The number of ether oxygens (including phenoxy) is 2. The van der Waals surface area contributed by atoms with Crippen LogP contribution >= 0.6 is 0 Å². The van der Waals surface area contributed by atoms with Crippen molar-refractivity contribution in [3.8, 4) is 28.4 Å². The summed E-state index contributed by atoms with van der Waals surface area (Å²) in [6.07, 6.45) is 4.54. The zero-order chi connectivity index (χ0) is 22.2. The van der Waals surface area contributed by atoms with E-state index in [1.807, 2.05) is 12.1 Å². The normalized spacial score (nSPS) is 15.2. The third-order valence-electron chi connectivity index (χ3n) is 6.41. The van der Waals surface area contributed by atoms with Gasteiger partial charge in [-0.05, 0) is 68.0 Å². The lowest BCUT2D eigenvalue weighted by Crippen LogP contribution is -2.27. The summed E-state index contributed by atoms with van der Waals surface area (Å²) in [6.45, 7) is 1.87.